The lowest BCUT2D eigenvalue weighted by molar-refractivity contribution is 0.0605. The van der Waals surface area contributed by atoms with E-state index in [4.69, 9.17) is 4.42 Å². The second kappa shape index (κ2) is 6.13. The molecule has 0 radical (unpaired) electrons. The first-order valence-corrected chi connectivity index (χ1v) is 7.97. The van der Waals surface area contributed by atoms with Crippen LogP contribution < -0.4 is 10.9 Å². The standard InChI is InChI=1S/C15H14N4O5S/c1-6-10(14(22)23-4)25-15(17-6)18-11(20)8-7(2)24-12-9(8)13(21)19(3)5-16-12/h5H,1-4H3,(H,17,18,20). The Bertz CT molecular complexity index is 1060. The number of fused-ring (bicyclic) bond motifs is 1. The van der Waals surface area contributed by atoms with E-state index in [1.54, 1.807) is 13.8 Å². The molecule has 0 spiro atoms. The molecule has 0 unspecified atom stereocenters. The van der Waals surface area contributed by atoms with Crippen LogP contribution in [0.2, 0.25) is 0 Å². The smallest absolute Gasteiger partial charge is 0.350 e. The maximum absolute atomic E-state index is 12.6. The number of hydrogen-bond acceptors (Lipinski definition) is 8. The molecule has 10 heteroatoms. The molecule has 1 N–H and O–H groups in total. The van der Waals surface area contributed by atoms with Crippen molar-refractivity contribution in [1.82, 2.24) is 14.5 Å². The SMILES string of the molecule is COC(=O)c1sc(NC(=O)c2c(C)oc3ncn(C)c(=O)c23)nc1C. The number of methoxy groups -OCH3 is 1. The number of hydrogen-bond donors (Lipinski definition) is 1. The predicted molar refractivity (Wildman–Crippen MR) is 90.1 cm³/mol. The van der Waals surface area contributed by atoms with Crippen LogP contribution in [0.15, 0.2) is 15.5 Å². The van der Waals surface area contributed by atoms with Gasteiger partial charge in [-0.05, 0) is 13.8 Å². The fourth-order valence-corrected chi connectivity index (χ4v) is 3.23. The summed E-state index contributed by atoms with van der Waals surface area (Å²) < 4.78 is 11.3. The number of furan rings is 1. The zero-order valence-electron chi connectivity index (χ0n) is 13.9. The van der Waals surface area contributed by atoms with Crippen LogP contribution in [-0.4, -0.2) is 33.5 Å². The Balaban J connectivity index is 2.01. The topological polar surface area (TPSA) is 116 Å². The summed E-state index contributed by atoms with van der Waals surface area (Å²) >= 11 is 0.989. The molecular weight excluding hydrogens is 348 g/mol. The number of nitrogens with one attached hydrogen (secondary N) is 1. The summed E-state index contributed by atoms with van der Waals surface area (Å²) in [6.45, 7) is 3.21. The molecule has 0 atom stereocenters. The molecule has 3 aromatic rings. The number of thiazole rings is 1. The molecule has 0 fully saturated rings. The van der Waals surface area contributed by atoms with Crippen molar-refractivity contribution < 1.29 is 18.7 Å². The molecule has 0 saturated carbocycles. The van der Waals surface area contributed by atoms with Crippen LogP contribution >= 0.6 is 11.3 Å². The normalized spacial score (nSPS) is 10.9. The van der Waals surface area contributed by atoms with Gasteiger partial charge in [-0.25, -0.2) is 14.8 Å². The highest BCUT2D eigenvalue weighted by Gasteiger charge is 2.24. The highest BCUT2D eigenvalue weighted by Crippen LogP contribution is 2.26. The third-order valence-electron chi connectivity index (χ3n) is 3.56. The van der Waals surface area contributed by atoms with E-state index in [1.807, 2.05) is 0 Å². The van der Waals surface area contributed by atoms with Crippen LogP contribution in [-0.2, 0) is 11.8 Å². The molecule has 0 aliphatic rings. The summed E-state index contributed by atoms with van der Waals surface area (Å²) in [7, 11) is 2.80. The van der Waals surface area contributed by atoms with Crippen LogP contribution in [0.3, 0.4) is 0 Å². The molecule has 0 aliphatic heterocycles. The predicted octanol–water partition coefficient (Wildman–Crippen LogP) is 1.64. The Kier molecular flexibility index (Phi) is 4.13. The number of ether oxygens (including phenoxy) is 1. The second-order valence-corrected chi connectivity index (χ2v) is 6.25. The molecule has 25 heavy (non-hydrogen) atoms. The van der Waals surface area contributed by atoms with Crippen LogP contribution in [0.5, 0.6) is 0 Å². The zero-order chi connectivity index (χ0) is 18.3. The Morgan fingerprint density at radius 3 is 2.76 bits per heavy atom. The van der Waals surface area contributed by atoms with Crippen molar-refractivity contribution in [3.63, 3.8) is 0 Å². The van der Waals surface area contributed by atoms with Gasteiger partial charge in [-0.15, -0.1) is 0 Å². The minimum Gasteiger partial charge on any atom is -0.465 e. The largest absolute Gasteiger partial charge is 0.465 e. The van der Waals surface area contributed by atoms with E-state index in [0.29, 0.717) is 10.6 Å². The third-order valence-corrected chi connectivity index (χ3v) is 4.62. The molecule has 0 bridgehead atoms. The van der Waals surface area contributed by atoms with Gasteiger partial charge in [-0.1, -0.05) is 11.3 Å². The Morgan fingerprint density at radius 1 is 1.36 bits per heavy atom. The number of rotatable bonds is 3. The van der Waals surface area contributed by atoms with Gasteiger partial charge in [0.2, 0.25) is 5.71 Å². The van der Waals surface area contributed by atoms with E-state index in [1.165, 1.54) is 25.1 Å². The first-order valence-electron chi connectivity index (χ1n) is 7.15. The monoisotopic (exact) mass is 362 g/mol. The summed E-state index contributed by atoms with van der Waals surface area (Å²) in [4.78, 5) is 45.0. The maximum Gasteiger partial charge on any atom is 0.350 e. The maximum atomic E-state index is 12.6. The summed E-state index contributed by atoms with van der Waals surface area (Å²) in [5.74, 6) is -0.824. The number of amides is 1. The molecule has 3 aromatic heterocycles. The van der Waals surface area contributed by atoms with E-state index in [9.17, 15) is 14.4 Å². The molecule has 3 heterocycles. The van der Waals surface area contributed by atoms with Gasteiger partial charge in [-0.3, -0.25) is 14.9 Å². The van der Waals surface area contributed by atoms with Crippen molar-refractivity contribution in [2.24, 2.45) is 7.05 Å². The van der Waals surface area contributed by atoms with Gasteiger partial charge in [-0.2, -0.15) is 0 Å². The van der Waals surface area contributed by atoms with Gasteiger partial charge in [0.25, 0.3) is 11.5 Å². The molecule has 0 saturated heterocycles. The lowest BCUT2D eigenvalue weighted by Crippen LogP contribution is -2.20. The van der Waals surface area contributed by atoms with Crippen molar-refractivity contribution in [2.45, 2.75) is 13.8 Å². The van der Waals surface area contributed by atoms with Gasteiger partial charge >= 0.3 is 5.97 Å². The van der Waals surface area contributed by atoms with Crippen molar-refractivity contribution >= 4 is 39.4 Å². The van der Waals surface area contributed by atoms with Gasteiger partial charge in [0.15, 0.2) is 5.13 Å². The van der Waals surface area contributed by atoms with E-state index in [0.717, 1.165) is 11.3 Å². The number of carbonyl (C=O) groups is 2. The summed E-state index contributed by atoms with van der Waals surface area (Å²) in [5.41, 5.74) is 0.239. The Morgan fingerprint density at radius 2 is 2.08 bits per heavy atom. The van der Waals surface area contributed by atoms with Crippen LogP contribution in [0.25, 0.3) is 11.1 Å². The zero-order valence-corrected chi connectivity index (χ0v) is 14.7. The van der Waals surface area contributed by atoms with Crippen molar-refractivity contribution in [3.05, 3.63) is 38.6 Å². The number of esters is 1. The van der Waals surface area contributed by atoms with Gasteiger partial charge in [0.1, 0.15) is 22.4 Å². The van der Waals surface area contributed by atoms with E-state index in [2.05, 4.69) is 20.0 Å². The fraction of sp³-hybridized carbons (Fsp3) is 0.267. The van der Waals surface area contributed by atoms with Crippen LogP contribution in [0.1, 0.15) is 31.5 Å². The third kappa shape index (κ3) is 2.80. The van der Waals surface area contributed by atoms with Crippen molar-refractivity contribution in [2.75, 3.05) is 12.4 Å². The number of carbonyl (C=O) groups excluding carboxylic acids is 2. The average molecular weight is 362 g/mol. The van der Waals surface area contributed by atoms with Crippen molar-refractivity contribution in [3.8, 4) is 0 Å². The molecule has 9 nitrogen and oxygen atoms in total. The summed E-state index contributed by atoms with van der Waals surface area (Å²) in [6, 6.07) is 0. The molecule has 0 aliphatic carbocycles. The minimum absolute atomic E-state index is 0.0937. The van der Waals surface area contributed by atoms with E-state index < -0.39 is 17.4 Å². The van der Waals surface area contributed by atoms with E-state index >= 15 is 0 Å². The quantitative estimate of drug-likeness (QED) is 0.704. The molecule has 130 valence electrons. The first-order chi connectivity index (χ1) is 11.8. The lowest BCUT2D eigenvalue weighted by Gasteiger charge is -2.01. The number of nitrogens with zero attached hydrogens (tertiary/aromatic N) is 3. The highest BCUT2D eigenvalue weighted by atomic mass is 32.1. The first kappa shape index (κ1) is 16.8. The van der Waals surface area contributed by atoms with Crippen LogP contribution in [0, 0.1) is 13.8 Å². The van der Waals surface area contributed by atoms with Gasteiger partial charge < -0.3 is 13.7 Å². The molecule has 3 rings (SSSR count). The summed E-state index contributed by atoms with van der Waals surface area (Å²) in [5, 5.41) is 2.91. The van der Waals surface area contributed by atoms with Crippen molar-refractivity contribution in [1.29, 1.82) is 0 Å². The average Bonchev–Trinajstić information content (AvgIpc) is 3.10. The fourth-order valence-electron chi connectivity index (χ4n) is 2.35. The Labute approximate surface area is 145 Å². The lowest BCUT2D eigenvalue weighted by atomic mass is 10.2. The van der Waals surface area contributed by atoms with Crippen LogP contribution in [0.4, 0.5) is 5.13 Å². The molecular formula is C15H14N4O5S. The number of aromatic nitrogens is 3. The number of aryl methyl sites for hydroxylation is 3. The summed E-state index contributed by atoms with van der Waals surface area (Å²) in [6.07, 6.45) is 1.32. The van der Waals surface area contributed by atoms with E-state index in [-0.39, 0.29) is 27.6 Å². The van der Waals surface area contributed by atoms with Gasteiger partial charge in [0.05, 0.1) is 18.4 Å². The minimum atomic E-state index is -0.563. The Hall–Kier alpha value is -3.01. The highest BCUT2D eigenvalue weighted by molar-refractivity contribution is 7.17. The second-order valence-electron chi connectivity index (χ2n) is 5.25. The number of anilines is 1. The molecule has 0 aromatic carbocycles. The van der Waals surface area contributed by atoms with Gasteiger partial charge in [0, 0.05) is 7.05 Å². The molecule has 1 amide bonds.